The molecule has 0 amide bonds. The summed E-state index contributed by atoms with van der Waals surface area (Å²) in [5, 5.41) is 13.9. The maximum atomic E-state index is 4.27. The van der Waals surface area contributed by atoms with Gasteiger partial charge in [0.05, 0.1) is 0 Å². The van der Waals surface area contributed by atoms with Crippen LogP contribution in [0.4, 0.5) is 0 Å². The van der Waals surface area contributed by atoms with Crippen LogP contribution >= 0.6 is 27.3 Å². The molecule has 0 spiro atoms. The summed E-state index contributed by atoms with van der Waals surface area (Å²) in [6.45, 7) is 7.13. The fourth-order valence-corrected chi connectivity index (χ4v) is 2.95. The highest BCUT2D eigenvalue weighted by atomic mass is 79.9. The minimum Gasteiger partial charge on any atom is -0.308 e. The van der Waals surface area contributed by atoms with Gasteiger partial charge in [0.25, 0.3) is 0 Å². The molecule has 1 aromatic heterocycles. The Bertz CT molecular complexity index is 537. The van der Waals surface area contributed by atoms with Crippen molar-refractivity contribution in [2.24, 2.45) is 0 Å². The molecule has 18 heavy (non-hydrogen) atoms. The van der Waals surface area contributed by atoms with Gasteiger partial charge in [-0.2, -0.15) is 0 Å². The Morgan fingerprint density at radius 2 is 2.11 bits per heavy atom. The average Bonchev–Trinajstić information content (AvgIpc) is 2.75. The lowest BCUT2D eigenvalue weighted by Gasteiger charge is -2.04. The fraction of sp³-hybridized carbons (Fsp3) is 0.385. The van der Waals surface area contributed by atoms with E-state index in [-0.39, 0.29) is 0 Å². The lowest BCUT2D eigenvalue weighted by atomic mass is 10.1. The van der Waals surface area contributed by atoms with Crippen molar-refractivity contribution in [1.82, 2.24) is 15.5 Å². The molecular formula is C13H16BrN3S. The first kappa shape index (κ1) is 13.6. The van der Waals surface area contributed by atoms with Crippen LogP contribution in [0.3, 0.4) is 0 Å². The van der Waals surface area contributed by atoms with Gasteiger partial charge in [-0.05, 0) is 24.6 Å². The van der Waals surface area contributed by atoms with Gasteiger partial charge in [0.15, 0.2) is 0 Å². The molecule has 96 valence electrons. The summed E-state index contributed by atoms with van der Waals surface area (Å²) in [6, 6.07) is 6.68. The predicted molar refractivity (Wildman–Crippen MR) is 79.8 cm³/mol. The van der Waals surface area contributed by atoms with Crippen LogP contribution in [-0.4, -0.2) is 16.2 Å². The summed E-state index contributed by atoms with van der Waals surface area (Å²) in [7, 11) is 0. The molecule has 0 fully saturated rings. The van der Waals surface area contributed by atoms with Gasteiger partial charge in [-0.15, -0.1) is 10.2 Å². The van der Waals surface area contributed by atoms with Crippen molar-refractivity contribution < 1.29 is 0 Å². The number of hydrogen-bond donors (Lipinski definition) is 1. The summed E-state index contributed by atoms with van der Waals surface area (Å²) in [5.41, 5.74) is 2.37. The van der Waals surface area contributed by atoms with Crippen LogP contribution in [0.25, 0.3) is 10.6 Å². The first-order chi connectivity index (χ1) is 8.56. The largest absolute Gasteiger partial charge is 0.308 e. The average molecular weight is 326 g/mol. The van der Waals surface area contributed by atoms with Crippen LogP contribution in [0.5, 0.6) is 0 Å². The van der Waals surface area contributed by atoms with E-state index in [1.807, 2.05) is 6.07 Å². The molecule has 0 aliphatic heterocycles. The van der Waals surface area contributed by atoms with Crippen molar-refractivity contribution in [3.8, 4) is 10.6 Å². The predicted octanol–water partition coefficient (Wildman–Crippen LogP) is 3.77. The molecule has 0 bridgehead atoms. The fourth-order valence-electron chi connectivity index (χ4n) is 1.59. The zero-order chi connectivity index (χ0) is 13.1. The highest BCUT2D eigenvalue weighted by Gasteiger charge is 2.09. The smallest absolute Gasteiger partial charge is 0.148 e. The van der Waals surface area contributed by atoms with E-state index in [1.54, 1.807) is 11.3 Å². The molecule has 1 heterocycles. The summed E-state index contributed by atoms with van der Waals surface area (Å²) in [4.78, 5) is 0. The van der Waals surface area contributed by atoms with E-state index >= 15 is 0 Å². The maximum Gasteiger partial charge on any atom is 0.148 e. The maximum absolute atomic E-state index is 4.27. The van der Waals surface area contributed by atoms with Crippen LogP contribution in [0.15, 0.2) is 22.7 Å². The van der Waals surface area contributed by atoms with E-state index in [4.69, 9.17) is 0 Å². The Kier molecular flexibility index (Phi) is 4.48. The van der Waals surface area contributed by atoms with Crippen LogP contribution in [0, 0.1) is 6.92 Å². The molecular weight excluding hydrogens is 310 g/mol. The SMILES string of the molecule is Cc1cc(Br)ccc1-c1nnc(CNC(C)C)s1. The minimum absolute atomic E-state index is 0.465. The molecule has 0 atom stereocenters. The molecule has 5 heteroatoms. The minimum atomic E-state index is 0.465. The van der Waals surface area contributed by atoms with Crippen molar-refractivity contribution >= 4 is 27.3 Å². The standard InChI is InChI=1S/C13H16BrN3S/c1-8(2)15-7-12-16-17-13(18-12)11-5-4-10(14)6-9(11)3/h4-6,8,15H,7H2,1-3H3. The lowest BCUT2D eigenvalue weighted by molar-refractivity contribution is 0.585. The molecule has 2 rings (SSSR count). The second kappa shape index (κ2) is 5.91. The van der Waals surface area contributed by atoms with E-state index in [9.17, 15) is 0 Å². The van der Waals surface area contributed by atoms with Crippen molar-refractivity contribution in [3.63, 3.8) is 0 Å². The zero-order valence-corrected chi connectivity index (χ0v) is 13.1. The van der Waals surface area contributed by atoms with Crippen LogP contribution in [-0.2, 0) is 6.54 Å². The monoisotopic (exact) mass is 325 g/mol. The van der Waals surface area contributed by atoms with Gasteiger partial charge in [-0.25, -0.2) is 0 Å². The third-order valence-electron chi connectivity index (χ3n) is 2.55. The topological polar surface area (TPSA) is 37.8 Å². The molecule has 0 saturated heterocycles. The van der Waals surface area contributed by atoms with Gasteiger partial charge < -0.3 is 5.32 Å². The first-order valence-corrected chi connectivity index (χ1v) is 7.49. The molecule has 0 radical (unpaired) electrons. The van der Waals surface area contributed by atoms with Crippen LogP contribution < -0.4 is 5.32 Å². The number of nitrogens with zero attached hydrogens (tertiary/aromatic N) is 2. The Morgan fingerprint density at radius 1 is 1.33 bits per heavy atom. The van der Waals surface area contributed by atoms with E-state index in [0.717, 1.165) is 26.6 Å². The molecule has 0 aliphatic carbocycles. The highest BCUT2D eigenvalue weighted by Crippen LogP contribution is 2.28. The Hall–Kier alpha value is -0.780. The van der Waals surface area contributed by atoms with Crippen molar-refractivity contribution in [2.45, 2.75) is 33.4 Å². The van der Waals surface area contributed by atoms with Gasteiger partial charge in [0.1, 0.15) is 10.0 Å². The summed E-state index contributed by atoms with van der Waals surface area (Å²) in [5.74, 6) is 0. The molecule has 0 aliphatic rings. The lowest BCUT2D eigenvalue weighted by Crippen LogP contribution is -2.21. The number of aromatic nitrogens is 2. The Balaban J connectivity index is 2.18. The summed E-state index contributed by atoms with van der Waals surface area (Å²) >= 11 is 5.12. The summed E-state index contributed by atoms with van der Waals surface area (Å²) in [6.07, 6.45) is 0. The zero-order valence-electron chi connectivity index (χ0n) is 10.7. The van der Waals surface area contributed by atoms with Gasteiger partial charge >= 0.3 is 0 Å². The number of rotatable bonds is 4. The highest BCUT2D eigenvalue weighted by molar-refractivity contribution is 9.10. The van der Waals surface area contributed by atoms with Gasteiger partial charge in [0.2, 0.25) is 0 Å². The first-order valence-electron chi connectivity index (χ1n) is 5.88. The Morgan fingerprint density at radius 3 is 2.78 bits per heavy atom. The van der Waals surface area contributed by atoms with E-state index in [1.165, 1.54) is 5.56 Å². The number of benzene rings is 1. The van der Waals surface area contributed by atoms with Crippen molar-refractivity contribution in [2.75, 3.05) is 0 Å². The number of nitrogens with one attached hydrogen (secondary N) is 1. The normalized spacial score (nSPS) is 11.2. The molecule has 1 N–H and O–H groups in total. The number of halogens is 1. The van der Waals surface area contributed by atoms with Crippen molar-refractivity contribution in [1.29, 1.82) is 0 Å². The summed E-state index contributed by atoms with van der Waals surface area (Å²) < 4.78 is 1.09. The molecule has 1 aromatic carbocycles. The quantitative estimate of drug-likeness (QED) is 0.929. The molecule has 0 unspecified atom stereocenters. The second-order valence-electron chi connectivity index (χ2n) is 4.50. The molecule has 2 aromatic rings. The van der Waals surface area contributed by atoms with Gasteiger partial charge in [-0.3, -0.25) is 0 Å². The third kappa shape index (κ3) is 3.37. The number of aryl methyl sites for hydroxylation is 1. The third-order valence-corrected chi connectivity index (χ3v) is 4.00. The van der Waals surface area contributed by atoms with Crippen LogP contribution in [0.2, 0.25) is 0 Å². The van der Waals surface area contributed by atoms with E-state index in [0.29, 0.717) is 6.04 Å². The van der Waals surface area contributed by atoms with Gasteiger partial charge in [0, 0.05) is 22.6 Å². The second-order valence-corrected chi connectivity index (χ2v) is 6.47. The Labute approximate surface area is 120 Å². The van der Waals surface area contributed by atoms with E-state index < -0.39 is 0 Å². The van der Waals surface area contributed by atoms with Crippen molar-refractivity contribution in [3.05, 3.63) is 33.2 Å². The van der Waals surface area contributed by atoms with Gasteiger partial charge in [-0.1, -0.05) is 47.2 Å². The number of hydrogen-bond acceptors (Lipinski definition) is 4. The molecule has 3 nitrogen and oxygen atoms in total. The van der Waals surface area contributed by atoms with Crippen LogP contribution in [0.1, 0.15) is 24.4 Å². The van der Waals surface area contributed by atoms with E-state index in [2.05, 4.69) is 64.3 Å². The molecule has 0 saturated carbocycles.